The number of aliphatic imine (C=N–C) groups is 1. The van der Waals surface area contributed by atoms with E-state index in [1.165, 1.54) is 17.3 Å². The summed E-state index contributed by atoms with van der Waals surface area (Å²) in [5.74, 6) is 0.449. The number of rotatable bonds is 6. The highest BCUT2D eigenvalue weighted by Crippen LogP contribution is 2.33. The smallest absolute Gasteiger partial charge is 0.283 e. The van der Waals surface area contributed by atoms with Crippen LogP contribution in [0.2, 0.25) is 0 Å². The van der Waals surface area contributed by atoms with Crippen molar-refractivity contribution in [3.63, 3.8) is 0 Å². The molecule has 1 amide bonds. The normalized spacial score (nSPS) is 17.0. The van der Waals surface area contributed by atoms with Gasteiger partial charge in [0.1, 0.15) is 5.84 Å². The highest BCUT2D eigenvalue weighted by Gasteiger charge is 2.37. The van der Waals surface area contributed by atoms with Gasteiger partial charge in [0.2, 0.25) is 5.17 Å². The Hall–Kier alpha value is -2.84. The van der Waals surface area contributed by atoms with E-state index in [0.29, 0.717) is 10.3 Å². The molecule has 0 saturated heterocycles. The highest BCUT2D eigenvalue weighted by atomic mass is 32.2. The zero-order valence-electron chi connectivity index (χ0n) is 17.4. The van der Waals surface area contributed by atoms with Crippen LogP contribution in [0.3, 0.4) is 0 Å². The molecular weight excluding hydrogens is 426 g/mol. The summed E-state index contributed by atoms with van der Waals surface area (Å²) in [6.07, 6.45) is 1.74. The predicted octanol–water partition coefficient (Wildman–Crippen LogP) is 5.04. The fourth-order valence-corrected chi connectivity index (χ4v) is 5.15. The van der Waals surface area contributed by atoms with E-state index in [0.717, 1.165) is 42.0 Å². The van der Waals surface area contributed by atoms with Gasteiger partial charge in [0, 0.05) is 24.5 Å². The van der Waals surface area contributed by atoms with Gasteiger partial charge in [-0.25, -0.2) is 4.90 Å². The second kappa shape index (κ2) is 9.53. The zero-order chi connectivity index (χ0) is 21.8. The van der Waals surface area contributed by atoms with E-state index in [1.807, 2.05) is 42.5 Å². The zero-order valence-corrected chi connectivity index (χ0v) is 19.0. The van der Waals surface area contributed by atoms with Crippen LogP contribution in [0.15, 0.2) is 69.6 Å². The van der Waals surface area contributed by atoms with Gasteiger partial charge < -0.3 is 4.90 Å². The number of benzene rings is 2. The molecule has 31 heavy (non-hydrogen) atoms. The number of carbonyl (C=O) groups is 1. The number of amidine groups is 3. The lowest BCUT2D eigenvalue weighted by atomic mass is 10.1. The molecule has 0 aromatic heterocycles. The van der Waals surface area contributed by atoms with E-state index in [4.69, 9.17) is 5.41 Å². The molecule has 1 N–H and O–H groups in total. The number of carbonyl (C=O) groups excluding carboxylic acids is 1. The first-order valence-corrected chi connectivity index (χ1v) is 11.9. The van der Waals surface area contributed by atoms with Crippen LogP contribution in [-0.2, 0) is 10.5 Å². The maximum atomic E-state index is 12.6. The van der Waals surface area contributed by atoms with Gasteiger partial charge in [-0.2, -0.15) is 9.39 Å². The molecule has 2 aliphatic heterocycles. The number of anilines is 1. The molecule has 158 valence electrons. The molecule has 2 aromatic rings. The van der Waals surface area contributed by atoms with E-state index in [2.05, 4.69) is 40.3 Å². The quantitative estimate of drug-likeness (QED) is 0.494. The van der Waals surface area contributed by atoms with E-state index in [1.54, 1.807) is 11.0 Å². The molecule has 2 aromatic carbocycles. The van der Waals surface area contributed by atoms with E-state index >= 15 is 0 Å². The van der Waals surface area contributed by atoms with E-state index in [9.17, 15) is 4.79 Å². The molecule has 0 saturated carbocycles. The third kappa shape index (κ3) is 4.60. The molecule has 0 aliphatic carbocycles. The Morgan fingerprint density at radius 3 is 2.48 bits per heavy atom. The predicted molar refractivity (Wildman–Crippen MR) is 133 cm³/mol. The Morgan fingerprint density at radius 1 is 1.10 bits per heavy atom. The van der Waals surface area contributed by atoms with Crippen LogP contribution in [-0.4, -0.2) is 40.1 Å². The second-order valence-electron chi connectivity index (χ2n) is 6.94. The number of hydrogen-bond donors (Lipinski definition) is 1. The summed E-state index contributed by atoms with van der Waals surface area (Å²) in [4.78, 5) is 20.7. The summed E-state index contributed by atoms with van der Waals surface area (Å²) in [6, 6.07) is 18.1. The Balaban J connectivity index is 1.53. The van der Waals surface area contributed by atoms with Gasteiger partial charge in [0.05, 0.1) is 17.5 Å². The topological polar surface area (TPSA) is 72.1 Å². The van der Waals surface area contributed by atoms with Crippen molar-refractivity contribution in [3.8, 4) is 0 Å². The average molecular weight is 450 g/mol. The third-order valence-electron chi connectivity index (χ3n) is 5.04. The minimum atomic E-state index is -0.402. The molecule has 0 unspecified atom stereocenters. The van der Waals surface area contributed by atoms with Gasteiger partial charge >= 0.3 is 0 Å². The van der Waals surface area contributed by atoms with Gasteiger partial charge in [-0.15, -0.1) is 0 Å². The molecule has 6 nitrogen and oxygen atoms in total. The lowest BCUT2D eigenvalue weighted by Gasteiger charge is -2.24. The van der Waals surface area contributed by atoms with Crippen LogP contribution in [0.25, 0.3) is 6.08 Å². The standard InChI is InChI=1S/C23H23N5OS2/c1-3-27(4-2)18-12-10-16(11-13-18)14-19-20(24)28-22(25-21(19)29)31-26-23(28)30-15-17-8-6-5-7-9-17/h5-14,24H,3-4,15H2,1-2H3. The molecule has 0 bridgehead atoms. The van der Waals surface area contributed by atoms with Gasteiger partial charge in [0.25, 0.3) is 5.91 Å². The van der Waals surface area contributed by atoms with E-state index < -0.39 is 5.91 Å². The summed E-state index contributed by atoms with van der Waals surface area (Å²) >= 11 is 2.68. The maximum absolute atomic E-state index is 12.6. The number of thioether (sulfide) groups is 1. The molecule has 0 atom stereocenters. The monoisotopic (exact) mass is 449 g/mol. The van der Waals surface area contributed by atoms with Crippen LogP contribution >= 0.6 is 23.7 Å². The fraction of sp³-hybridized carbons (Fsp3) is 0.217. The van der Waals surface area contributed by atoms with Crippen LogP contribution in [0.5, 0.6) is 0 Å². The van der Waals surface area contributed by atoms with Gasteiger partial charge in [-0.3, -0.25) is 10.2 Å². The van der Waals surface area contributed by atoms with Crippen molar-refractivity contribution in [2.75, 3.05) is 18.0 Å². The molecule has 2 aliphatic rings. The van der Waals surface area contributed by atoms with Gasteiger partial charge in [0.15, 0.2) is 5.17 Å². The minimum absolute atomic E-state index is 0.118. The lowest BCUT2D eigenvalue weighted by molar-refractivity contribution is -0.114. The SMILES string of the molecule is CCN(CC)c1ccc(C=C2C(=N)N3C(SCc4ccccc4)=NSC3=NC2=O)cc1. The van der Waals surface area contributed by atoms with Crippen molar-refractivity contribution in [2.45, 2.75) is 19.6 Å². The largest absolute Gasteiger partial charge is 0.372 e. The van der Waals surface area contributed by atoms with Crippen LogP contribution in [0.1, 0.15) is 25.0 Å². The Labute approximate surface area is 190 Å². The van der Waals surface area contributed by atoms with Crippen molar-refractivity contribution in [1.29, 1.82) is 5.41 Å². The first-order chi connectivity index (χ1) is 15.1. The number of amides is 1. The fourth-order valence-electron chi connectivity index (χ4n) is 3.35. The van der Waals surface area contributed by atoms with Gasteiger partial charge in [-0.05, 0) is 43.2 Å². The van der Waals surface area contributed by atoms with Crippen LogP contribution in [0.4, 0.5) is 5.69 Å². The van der Waals surface area contributed by atoms with Crippen molar-refractivity contribution in [1.82, 2.24) is 4.90 Å². The maximum Gasteiger partial charge on any atom is 0.283 e. The van der Waals surface area contributed by atoms with Crippen LogP contribution in [0, 0.1) is 5.41 Å². The second-order valence-corrected chi connectivity index (χ2v) is 8.62. The summed E-state index contributed by atoms with van der Waals surface area (Å²) in [5.41, 5.74) is 3.45. The van der Waals surface area contributed by atoms with Crippen LogP contribution < -0.4 is 4.90 Å². The molecule has 2 heterocycles. The highest BCUT2D eigenvalue weighted by molar-refractivity contribution is 8.18. The first-order valence-electron chi connectivity index (χ1n) is 10.1. The Kier molecular flexibility index (Phi) is 6.58. The minimum Gasteiger partial charge on any atom is -0.372 e. The number of fused-ring (bicyclic) bond motifs is 1. The number of hydrogen-bond acceptors (Lipinski definition) is 6. The average Bonchev–Trinajstić information content (AvgIpc) is 3.20. The molecule has 0 fully saturated rings. The Morgan fingerprint density at radius 2 is 1.81 bits per heavy atom. The summed E-state index contributed by atoms with van der Waals surface area (Å²) in [6.45, 7) is 6.12. The van der Waals surface area contributed by atoms with E-state index in [-0.39, 0.29) is 11.4 Å². The van der Waals surface area contributed by atoms with Crippen molar-refractivity contribution in [3.05, 3.63) is 71.3 Å². The molecule has 4 rings (SSSR count). The summed E-state index contributed by atoms with van der Waals surface area (Å²) < 4.78 is 4.44. The molecule has 0 radical (unpaired) electrons. The number of nitrogens with zero attached hydrogens (tertiary/aromatic N) is 4. The third-order valence-corrected chi connectivity index (χ3v) is 6.86. The van der Waals surface area contributed by atoms with Crippen molar-refractivity contribution < 1.29 is 4.79 Å². The first kappa shape index (κ1) is 21.4. The molecule has 0 spiro atoms. The summed E-state index contributed by atoms with van der Waals surface area (Å²) in [7, 11) is 0. The molecular formula is C23H23N5OS2. The van der Waals surface area contributed by atoms with Gasteiger partial charge in [-0.1, -0.05) is 54.2 Å². The lowest BCUT2D eigenvalue weighted by Crippen LogP contribution is -2.41. The Bertz CT molecular complexity index is 1070. The van der Waals surface area contributed by atoms with Crippen molar-refractivity contribution in [2.24, 2.45) is 9.39 Å². The number of nitrogens with one attached hydrogen (secondary N) is 1. The van der Waals surface area contributed by atoms with Crippen molar-refractivity contribution >= 4 is 57.6 Å². The molecule has 8 heteroatoms. The summed E-state index contributed by atoms with van der Waals surface area (Å²) in [5, 5.41) is 9.80.